The molecule has 0 radical (unpaired) electrons. The molecular formula is C55H35N3OS. The van der Waals surface area contributed by atoms with Crippen molar-refractivity contribution in [1.29, 1.82) is 0 Å². The van der Waals surface area contributed by atoms with Gasteiger partial charge in [-0.3, -0.25) is 0 Å². The van der Waals surface area contributed by atoms with Crippen molar-refractivity contribution in [3.05, 3.63) is 205 Å². The van der Waals surface area contributed by atoms with Gasteiger partial charge in [0.25, 0.3) is 0 Å². The zero-order valence-corrected chi connectivity index (χ0v) is 33.5. The minimum absolute atomic E-state index is 0.584. The summed E-state index contributed by atoms with van der Waals surface area (Å²) in [7, 11) is 0. The van der Waals surface area contributed by atoms with Gasteiger partial charge in [-0.1, -0.05) is 134 Å². The van der Waals surface area contributed by atoms with E-state index in [1.54, 1.807) is 0 Å². The molecule has 60 heavy (non-hydrogen) atoms. The van der Waals surface area contributed by atoms with Gasteiger partial charge in [0.15, 0.2) is 5.84 Å². The molecule has 9 aromatic carbocycles. The first-order valence-corrected chi connectivity index (χ1v) is 21.0. The summed E-state index contributed by atoms with van der Waals surface area (Å²) in [6.07, 6.45) is 0. The average molecular weight is 786 g/mol. The summed E-state index contributed by atoms with van der Waals surface area (Å²) in [5.74, 6) is 0.584. The normalized spacial score (nSPS) is 12.7. The second-order valence-electron chi connectivity index (χ2n) is 15.5. The van der Waals surface area contributed by atoms with E-state index in [1.165, 1.54) is 63.5 Å². The van der Waals surface area contributed by atoms with Gasteiger partial charge in [0, 0.05) is 69.6 Å². The quantitative estimate of drug-likeness (QED) is 0.127. The highest BCUT2D eigenvalue weighted by atomic mass is 32.1. The van der Waals surface area contributed by atoms with E-state index in [2.05, 4.69) is 145 Å². The third-order valence-corrected chi connectivity index (χ3v) is 13.0. The summed E-state index contributed by atoms with van der Waals surface area (Å²) in [5.41, 5.74) is 9.52. The SMILES string of the molecule is C=C(/N=C(\N=C(/C)c1cc(-n2c3cc4ccccc4cc3c3ccc4ccccc4c32)cc2sc3ccccc3c12)c1ccc2oc3ccccc3c2c1)c1ccccc1. The largest absolute Gasteiger partial charge is 0.456 e. The summed E-state index contributed by atoms with van der Waals surface area (Å²) in [5, 5.41) is 11.8. The Bertz CT molecular complexity index is 3810. The number of thiophene rings is 1. The van der Waals surface area contributed by atoms with Gasteiger partial charge in [-0.05, 0) is 83.2 Å². The fourth-order valence-corrected chi connectivity index (χ4v) is 10.2. The Balaban J connectivity index is 1.14. The van der Waals surface area contributed by atoms with E-state index in [1.807, 2.05) is 65.9 Å². The maximum absolute atomic E-state index is 6.23. The number of hydrogen-bond donors (Lipinski definition) is 0. The number of fused-ring (bicyclic) bond motifs is 12. The molecule has 3 heterocycles. The van der Waals surface area contributed by atoms with Crippen LogP contribution >= 0.6 is 11.3 Å². The molecule has 0 atom stereocenters. The molecule has 0 aliphatic heterocycles. The molecule has 0 unspecified atom stereocenters. The minimum atomic E-state index is 0.584. The number of nitrogens with zero attached hydrogens (tertiary/aromatic N) is 3. The number of rotatable bonds is 5. The number of aliphatic imine (C=N–C) groups is 2. The lowest BCUT2D eigenvalue weighted by Crippen LogP contribution is -2.06. The number of aromatic nitrogens is 1. The molecule has 12 rings (SSSR count). The molecule has 0 N–H and O–H groups in total. The van der Waals surface area contributed by atoms with E-state index in [4.69, 9.17) is 14.4 Å². The topological polar surface area (TPSA) is 42.8 Å². The van der Waals surface area contributed by atoms with Crippen LogP contribution in [0.2, 0.25) is 0 Å². The van der Waals surface area contributed by atoms with Crippen LogP contribution in [0.25, 0.3) is 96.8 Å². The highest BCUT2D eigenvalue weighted by Gasteiger charge is 2.21. The molecule has 5 heteroatoms. The minimum Gasteiger partial charge on any atom is -0.456 e. The Morgan fingerprint density at radius 3 is 2.07 bits per heavy atom. The summed E-state index contributed by atoms with van der Waals surface area (Å²) < 4.78 is 11.1. The molecule has 0 saturated heterocycles. The van der Waals surface area contributed by atoms with Crippen molar-refractivity contribution in [2.24, 2.45) is 9.98 Å². The zero-order chi connectivity index (χ0) is 39.9. The van der Waals surface area contributed by atoms with Gasteiger partial charge in [0.1, 0.15) is 11.2 Å². The Morgan fingerprint density at radius 1 is 0.517 bits per heavy atom. The fraction of sp³-hybridized carbons (Fsp3) is 0.0182. The molecule has 4 nitrogen and oxygen atoms in total. The van der Waals surface area contributed by atoms with Crippen molar-refractivity contribution >= 4 is 114 Å². The Morgan fingerprint density at radius 2 is 1.22 bits per heavy atom. The van der Waals surface area contributed by atoms with E-state index in [0.29, 0.717) is 11.5 Å². The third kappa shape index (κ3) is 5.44. The fourth-order valence-electron chi connectivity index (χ4n) is 9.05. The van der Waals surface area contributed by atoms with Crippen LogP contribution in [0, 0.1) is 0 Å². The zero-order valence-electron chi connectivity index (χ0n) is 32.7. The standard InChI is InChI=1S/C55H35N3OS/c1-33(35-14-4-3-5-15-35)56-55(39-25-27-50-47(29-39)42-20-10-12-22-49(42)59-50)57-34(2)45-31-40(32-52-53(45)44-21-11-13-23-51(44)60-52)58-48-30-38-18-7-6-17-37(38)28-46(48)43-26-24-36-16-8-9-19-41(36)54(43)58/h3-32H,1H2,2H3/b56-55-,57-34+. The lowest BCUT2D eigenvalue weighted by molar-refractivity contribution is 0.669. The summed E-state index contributed by atoms with van der Waals surface area (Å²) >= 11 is 1.83. The van der Waals surface area contributed by atoms with Crippen molar-refractivity contribution in [2.75, 3.05) is 0 Å². The van der Waals surface area contributed by atoms with Crippen molar-refractivity contribution in [2.45, 2.75) is 6.92 Å². The maximum Gasteiger partial charge on any atom is 0.160 e. The number of hydrogen-bond acceptors (Lipinski definition) is 3. The van der Waals surface area contributed by atoms with Crippen LogP contribution in [-0.4, -0.2) is 16.1 Å². The molecule has 282 valence electrons. The van der Waals surface area contributed by atoms with Gasteiger partial charge in [-0.25, -0.2) is 9.98 Å². The number of para-hydroxylation sites is 1. The molecule has 0 saturated carbocycles. The summed E-state index contributed by atoms with van der Waals surface area (Å²) in [4.78, 5) is 10.7. The van der Waals surface area contributed by atoms with Crippen molar-refractivity contribution in [3.63, 3.8) is 0 Å². The van der Waals surface area contributed by atoms with Crippen molar-refractivity contribution < 1.29 is 4.42 Å². The first kappa shape index (κ1) is 34.4. The molecule has 0 amide bonds. The van der Waals surface area contributed by atoms with Gasteiger partial charge in [0.05, 0.1) is 16.7 Å². The van der Waals surface area contributed by atoms with Crippen LogP contribution in [0.4, 0.5) is 0 Å². The van der Waals surface area contributed by atoms with E-state index >= 15 is 0 Å². The first-order valence-electron chi connectivity index (χ1n) is 20.2. The van der Waals surface area contributed by atoms with Crippen LogP contribution < -0.4 is 0 Å². The van der Waals surface area contributed by atoms with E-state index in [9.17, 15) is 0 Å². The lowest BCUT2D eigenvalue weighted by Gasteiger charge is -2.14. The van der Waals surface area contributed by atoms with Gasteiger partial charge in [-0.15, -0.1) is 11.3 Å². The maximum atomic E-state index is 6.23. The Kier molecular flexibility index (Phi) is 7.74. The van der Waals surface area contributed by atoms with Crippen molar-refractivity contribution in [3.8, 4) is 5.69 Å². The molecule has 0 fully saturated rings. The van der Waals surface area contributed by atoms with Gasteiger partial charge in [-0.2, -0.15) is 0 Å². The lowest BCUT2D eigenvalue weighted by atomic mass is 10.0. The molecule has 0 aliphatic carbocycles. The van der Waals surface area contributed by atoms with E-state index in [0.717, 1.165) is 50.0 Å². The molecular weight excluding hydrogens is 751 g/mol. The van der Waals surface area contributed by atoms with Gasteiger partial charge < -0.3 is 8.98 Å². The van der Waals surface area contributed by atoms with Gasteiger partial charge >= 0.3 is 0 Å². The van der Waals surface area contributed by atoms with Crippen LogP contribution in [-0.2, 0) is 0 Å². The Labute approximate surface area is 349 Å². The van der Waals surface area contributed by atoms with Crippen molar-refractivity contribution in [1.82, 2.24) is 4.57 Å². The van der Waals surface area contributed by atoms with E-state index < -0.39 is 0 Å². The second kappa shape index (κ2) is 13.5. The predicted octanol–water partition coefficient (Wildman–Crippen LogP) is 15.3. The Hall–Kier alpha value is -7.60. The highest BCUT2D eigenvalue weighted by Crippen LogP contribution is 2.42. The van der Waals surface area contributed by atoms with Crippen LogP contribution in [0.3, 0.4) is 0 Å². The van der Waals surface area contributed by atoms with E-state index in [-0.39, 0.29) is 0 Å². The summed E-state index contributed by atoms with van der Waals surface area (Å²) in [6.45, 7) is 6.55. The molecule has 12 aromatic rings. The molecule has 0 aliphatic rings. The average Bonchev–Trinajstić information content (AvgIpc) is 3.97. The first-order chi connectivity index (χ1) is 29.6. The number of furan rings is 1. The number of benzene rings is 9. The smallest absolute Gasteiger partial charge is 0.160 e. The molecule has 0 spiro atoms. The molecule has 0 bridgehead atoms. The van der Waals surface area contributed by atoms with Gasteiger partial charge in [0.2, 0.25) is 0 Å². The third-order valence-electron chi connectivity index (χ3n) is 11.9. The van der Waals surface area contributed by atoms with Crippen LogP contribution in [0.15, 0.2) is 203 Å². The second-order valence-corrected chi connectivity index (χ2v) is 16.5. The summed E-state index contributed by atoms with van der Waals surface area (Å²) in [6, 6.07) is 64.5. The number of amidine groups is 1. The highest BCUT2D eigenvalue weighted by molar-refractivity contribution is 7.26. The monoisotopic (exact) mass is 785 g/mol. The van der Waals surface area contributed by atoms with Crippen LogP contribution in [0.1, 0.15) is 23.6 Å². The molecule has 3 aromatic heterocycles. The van der Waals surface area contributed by atoms with Crippen LogP contribution in [0.5, 0.6) is 0 Å². The predicted molar refractivity (Wildman–Crippen MR) is 257 cm³/mol.